The standard InChI is InChI=1S/C24H29N5O2/c1-27-15-6-11-21(27)20-18-23-28(24(31)13-17-29(23)26-20)16-7-12-22(30)25-14-5-10-19-8-3-2-4-9-19/h2-4,6,8-9,11,15,18H,5,7,10,12-14,16-17H2,1H3,(H,25,30). The molecule has 1 N–H and O–H groups in total. The maximum atomic E-state index is 12.5. The van der Waals surface area contributed by atoms with Crippen LogP contribution in [0.2, 0.25) is 0 Å². The van der Waals surface area contributed by atoms with E-state index in [1.807, 2.05) is 58.9 Å². The molecule has 31 heavy (non-hydrogen) atoms. The lowest BCUT2D eigenvalue weighted by Crippen LogP contribution is -2.38. The van der Waals surface area contributed by atoms with E-state index in [0.29, 0.717) is 38.9 Å². The predicted molar refractivity (Wildman–Crippen MR) is 121 cm³/mol. The molecule has 2 amide bonds. The van der Waals surface area contributed by atoms with E-state index in [1.54, 1.807) is 4.90 Å². The highest BCUT2D eigenvalue weighted by atomic mass is 16.2. The van der Waals surface area contributed by atoms with Crippen LogP contribution in [0.5, 0.6) is 0 Å². The summed E-state index contributed by atoms with van der Waals surface area (Å²) in [5.41, 5.74) is 3.16. The molecular formula is C24H29N5O2. The minimum absolute atomic E-state index is 0.0375. The normalized spacial score (nSPS) is 13.3. The average Bonchev–Trinajstić information content (AvgIpc) is 3.39. The highest BCUT2D eigenvalue weighted by Gasteiger charge is 2.26. The van der Waals surface area contributed by atoms with Crippen LogP contribution in [0.25, 0.3) is 11.4 Å². The summed E-state index contributed by atoms with van der Waals surface area (Å²) in [6.45, 7) is 1.79. The number of anilines is 1. The summed E-state index contributed by atoms with van der Waals surface area (Å²) in [5.74, 6) is 0.945. The van der Waals surface area contributed by atoms with Crippen LogP contribution in [-0.4, -0.2) is 39.3 Å². The SMILES string of the molecule is Cn1cccc1-c1cc2n(n1)CCC(=O)N2CCCC(=O)NCCCc1ccccc1. The molecule has 0 radical (unpaired) electrons. The Morgan fingerprint density at radius 3 is 2.74 bits per heavy atom. The van der Waals surface area contributed by atoms with Crippen LogP contribution in [0.1, 0.15) is 31.2 Å². The lowest BCUT2D eigenvalue weighted by molar-refractivity contribution is -0.122. The van der Waals surface area contributed by atoms with Crippen LogP contribution in [0.4, 0.5) is 5.82 Å². The number of hydrogen-bond donors (Lipinski definition) is 1. The Hall–Kier alpha value is -3.35. The first-order valence-electron chi connectivity index (χ1n) is 10.9. The highest BCUT2D eigenvalue weighted by Crippen LogP contribution is 2.28. The second kappa shape index (κ2) is 9.64. The van der Waals surface area contributed by atoms with Gasteiger partial charge in [0, 0.05) is 45.2 Å². The van der Waals surface area contributed by atoms with Crippen LogP contribution in [0.3, 0.4) is 0 Å². The molecule has 3 aromatic rings. The van der Waals surface area contributed by atoms with Gasteiger partial charge in [0.15, 0.2) is 0 Å². The maximum Gasteiger partial charge on any atom is 0.229 e. The fraction of sp³-hybridized carbons (Fsp3) is 0.375. The van der Waals surface area contributed by atoms with E-state index in [2.05, 4.69) is 22.5 Å². The number of aromatic nitrogens is 3. The van der Waals surface area contributed by atoms with Gasteiger partial charge in [-0.3, -0.25) is 14.5 Å². The smallest absolute Gasteiger partial charge is 0.229 e. The molecule has 3 heterocycles. The Balaban J connectivity index is 1.26. The van der Waals surface area contributed by atoms with Gasteiger partial charge < -0.3 is 9.88 Å². The Labute approximate surface area is 182 Å². The van der Waals surface area contributed by atoms with Gasteiger partial charge in [-0.2, -0.15) is 5.10 Å². The van der Waals surface area contributed by atoms with Gasteiger partial charge in [0.05, 0.1) is 12.2 Å². The van der Waals surface area contributed by atoms with E-state index in [9.17, 15) is 9.59 Å². The minimum Gasteiger partial charge on any atom is -0.356 e. The number of aryl methyl sites for hydroxylation is 3. The Morgan fingerprint density at radius 1 is 1.13 bits per heavy atom. The number of nitrogens with zero attached hydrogens (tertiary/aromatic N) is 4. The zero-order chi connectivity index (χ0) is 21.6. The zero-order valence-electron chi connectivity index (χ0n) is 18.0. The molecule has 0 spiro atoms. The van der Waals surface area contributed by atoms with Crippen molar-refractivity contribution in [2.45, 2.75) is 38.6 Å². The number of rotatable bonds is 9. The monoisotopic (exact) mass is 419 g/mol. The molecule has 1 aliphatic rings. The molecule has 0 fully saturated rings. The molecule has 0 unspecified atom stereocenters. The molecule has 1 aliphatic heterocycles. The van der Waals surface area contributed by atoms with Gasteiger partial charge in [-0.05, 0) is 37.0 Å². The van der Waals surface area contributed by atoms with Gasteiger partial charge in [-0.15, -0.1) is 0 Å². The maximum absolute atomic E-state index is 12.5. The third-order valence-electron chi connectivity index (χ3n) is 5.67. The first-order valence-corrected chi connectivity index (χ1v) is 10.9. The van der Waals surface area contributed by atoms with E-state index in [4.69, 9.17) is 0 Å². The van der Waals surface area contributed by atoms with Gasteiger partial charge >= 0.3 is 0 Å². The quantitative estimate of drug-likeness (QED) is 0.542. The van der Waals surface area contributed by atoms with Crippen molar-refractivity contribution in [1.82, 2.24) is 19.7 Å². The first-order chi connectivity index (χ1) is 15.1. The van der Waals surface area contributed by atoms with Gasteiger partial charge in [-0.1, -0.05) is 30.3 Å². The minimum atomic E-state index is 0.0375. The molecule has 0 saturated heterocycles. The van der Waals surface area contributed by atoms with Crippen molar-refractivity contribution < 1.29 is 9.59 Å². The molecule has 0 saturated carbocycles. The second-order valence-electron chi connectivity index (χ2n) is 7.95. The number of hydrogen-bond acceptors (Lipinski definition) is 3. The number of benzene rings is 1. The van der Waals surface area contributed by atoms with Crippen LogP contribution in [-0.2, 0) is 29.6 Å². The summed E-state index contributed by atoms with van der Waals surface area (Å²) in [7, 11) is 1.98. The van der Waals surface area contributed by atoms with Gasteiger partial charge in [-0.25, -0.2) is 4.68 Å². The largest absolute Gasteiger partial charge is 0.356 e. The second-order valence-corrected chi connectivity index (χ2v) is 7.95. The molecule has 0 atom stereocenters. The van der Waals surface area contributed by atoms with Crippen molar-refractivity contribution in [3.05, 3.63) is 60.3 Å². The van der Waals surface area contributed by atoms with Crippen molar-refractivity contribution >= 4 is 17.6 Å². The van der Waals surface area contributed by atoms with E-state index in [-0.39, 0.29) is 11.8 Å². The topological polar surface area (TPSA) is 72.2 Å². The van der Waals surface area contributed by atoms with Crippen molar-refractivity contribution in [3.63, 3.8) is 0 Å². The summed E-state index contributed by atoms with van der Waals surface area (Å²) < 4.78 is 3.91. The average molecular weight is 420 g/mol. The predicted octanol–water partition coefficient (Wildman–Crippen LogP) is 3.15. The third-order valence-corrected chi connectivity index (χ3v) is 5.67. The lowest BCUT2D eigenvalue weighted by atomic mass is 10.1. The van der Waals surface area contributed by atoms with Crippen molar-refractivity contribution in [1.29, 1.82) is 0 Å². The van der Waals surface area contributed by atoms with E-state index in [1.165, 1.54) is 5.56 Å². The zero-order valence-corrected chi connectivity index (χ0v) is 18.0. The molecule has 2 aromatic heterocycles. The molecule has 1 aromatic carbocycles. The molecular weight excluding hydrogens is 390 g/mol. The van der Waals surface area contributed by atoms with Crippen molar-refractivity contribution in [2.24, 2.45) is 7.05 Å². The number of carbonyl (C=O) groups is 2. The van der Waals surface area contributed by atoms with E-state index >= 15 is 0 Å². The first kappa shape index (κ1) is 20.9. The summed E-state index contributed by atoms with van der Waals surface area (Å²) in [5, 5.41) is 7.67. The summed E-state index contributed by atoms with van der Waals surface area (Å²) in [6, 6.07) is 16.2. The molecule has 162 valence electrons. The Morgan fingerprint density at radius 2 is 1.97 bits per heavy atom. The summed E-state index contributed by atoms with van der Waals surface area (Å²) >= 11 is 0. The lowest BCUT2D eigenvalue weighted by Gasteiger charge is -2.27. The number of nitrogens with one attached hydrogen (secondary N) is 1. The van der Waals surface area contributed by atoms with Crippen LogP contribution in [0, 0.1) is 0 Å². The number of carbonyl (C=O) groups excluding carboxylic acids is 2. The van der Waals surface area contributed by atoms with Gasteiger partial charge in [0.1, 0.15) is 11.5 Å². The fourth-order valence-electron chi connectivity index (χ4n) is 4.00. The molecule has 4 rings (SSSR count). The number of amides is 2. The van der Waals surface area contributed by atoms with E-state index in [0.717, 1.165) is 30.0 Å². The van der Waals surface area contributed by atoms with Crippen LogP contribution < -0.4 is 10.2 Å². The molecule has 0 bridgehead atoms. The molecule has 7 nitrogen and oxygen atoms in total. The molecule has 0 aliphatic carbocycles. The number of fused-ring (bicyclic) bond motifs is 1. The van der Waals surface area contributed by atoms with Gasteiger partial charge in [0.25, 0.3) is 0 Å². The third kappa shape index (κ3) is 5.05. The Kier molecular flexibility index (Phi) is 6.50. The van der Waals surface area contributed by atoms with Crippen LogP contribution in [0.15, 0.2) is 54.7 Å². The summed E-state index contributed by atoms with van der Waals surface area (Å²) in [4.78, 5) is 26.5. The Bertz CT molecular complexity index is 1040. The van der Waals surface area contributed by atoms with E-state index < -0.39 is 0 Å². The highest BCUT2D eigenvalue weighted by molar-refractivity contribution is 5.94. The van der Waals surface area contributed by atoms with Gasteiger partial charge in [0.2, 0.25) is 11.8 Å². The summed E-state index contributed by atoms with van der Waals surface area (Å²) in [6.07, 6.45) is 5.33. The van der Waals surface area contributed by atoms with Crippen molar-refractivity contribution in [2.75, 3.05) is 18.0 Å². The fourth-order valence-corrected chi connectivity index (χ4v) is 4.00. The molecule has 7 heteroatoms. The van der Waals surface area contributed by atoms with Crippen molar-refractivity contribution in [3.8, 4) is 11.4 Å². The van der Waals surface area contributed by atoms with Crippen LogP contribution >= 0.6 is 0 Å².